The lowest BCUT2D eigenvalue weighted by atomic mass is 9.97. The molecule has 2 aromatic carbocycles. The molecule has 0 N–H and O–H groups in total. The van der Waals surface area contributed by atoms with Gasteiger partial charge in [-0.25, -0.2) is 0 Å². The Morgan fingerprint density at radius 2 is 1.43 bits per heavy atom. The van der Waals surface area contributed by atoms with Gasteiger partial charge in [-0.2, -0.15) is 0 Å². The van der Waals surface area contributed by atoms with Gasteiger partial charge in [-0.05, 0) is 16.7 Å². The topological polar surface area (TPSA) is 37.4 Å². The predicted molar refractivity (Wildman–Crippen MR) is 82.1 cm³/mol. The van der Waals surface area contributed by atoms with Gasteiger partial charge in [0, 0.05) is 6.92 Å². The maximum absolute atomic E-state index is 12.6. The van der Waals surface area contributed by atoms with Gasteiger partial charge in [0.2, 0.25) is 5.91 Å². The molecule has 0 radical (unpaired) electrons. The molecule has 0 bridgehead atoms. The molecule has 0 fully saturated rings. The third kappa shape index (κ3) is 2.38. The Labute approximate surface area is 123 Å². The zero-order valence-corrected chi connectivity index (χ0v) is 11.7. The zero-order valence-electron chi connectivity index (χ0n) is 11.7. The van der Waals surface area contributed by atoms with E-state index in [9.17, 15) is 9.59 Å². The molecule has 0 aliphatic carbocycles. The molecule has 0 atom stereocenters. The second-order valence-corrected chi connectivity index (χ2v) is 5.00. The third-order valence-electron chi connectivity index (χ3n) is 3.64. The van der Waals surface area contributed by atoms with Crippen LogP contribution in [0.3, 0.4) is 0 Å². The van der Waals surface area contributed by atoms with Crippen LogP contribution < -0.4 is 0 Å². The first kappa shape index (κ1) is 13.3. The number of rotatable bonds is 2. The molecular formula is C18H15NO2. The lowest BCUT2D eigenvalue weighted by Gasteiger charge is -2.11. The number of nitrogens with zero attached hydrogens (tertiary/aromatic N) is 1. The van der Waals surface area contributed by atoms with E-state index >= 15 is 0 Å². The summed E-state index contributed by atoms with van der Waals surface area (Å²) in [4.78, 5) is 25.6. The van der Waals surface area contributed by atoms with Crippen LogP contribution >= 0.6 is 0 Å². The molecule has 0 spiro atoms. The van der Waals surface area contributed by atoms with E-state index < -0.39 is 0 Å². The van der Waals surface area contributed by atoms with E-state index in [1.807, 2.05) is 60.7 Å². The van der Waals surface area contributed by atoms with Crippen LogP contribution in [0.15, 0.2) is 60.7 Å². The Morgan fingerprint density at radius 3 is 1.95 bits per heavy atom. The van der Waals surface area contributed by atoms with Gasteiger partial charge in [0.05, 0.1) is 12.1 Å². The van der Waals surface area contributed by atoms with Crippen molar-refractivity contribution in [2.75, 3.05) is 6.54 Å². The van der Waals surface area contributed by atoms with Gasteiger partial charge < -0.3 is 0 Å². The highest BCUT2D eigenvalue weighted by Crippen LogP contribution is 2.34. The molecule has 0 saturated heterocycles. The van der Waals surface area contributed by atoms with Crippen LogP contribution in [0.2, 0.25) is 0 Å². The van der Waals surface area contributed by atoms with Crippen molar-refractivity contribution in [2.45, 2.75) is 6.92 Å². The summed E-state index contributed by atoms with van der Waals surface area (Å²) < 4.78 is 0. The first-order valence-electron chi connectivity index (χ1n) is 6.85. The molecule has 21 heavy (non-hydrogen) atoms. The van der Waals surface area contributed by atoms with Gasteiger partial charge in [0.25, 0.3) is 5.91 Å². The Bertz CT molecular complexity index is 717. The molecule has 104 valence electrons. The quantitative estimate of drug-likeness (QED) is 0.846. The molecule has 0 aromatic heterocycles. The van der Waals surface area contributed by atoms with Crippen molar-refractivity contribution < 1.29 is 9.59 Å². The summed E-state index contributed by atoms with van der Waals surface area (Å²) in [6.07, 6.45) is 0. The lowest BCUT2D eigenvalue weighted by molar-refractivity contribution is -0.138. The fourth-order valence-electron chi connectivity index (χ4n) is 2.60. The van der Waals surface area contributed by atoms with Crippen molar-refractivity contribution >= 4 is 23.0 Å². The molecule has 2 aromatic rings. The van der Waals surface area contributed by atoms with E-state index in [-0.39, 0.29) is 11.8 Å². The van der Waals surface area contributed by atoms with E-state index in [2.05, 4.69) is 0 Å². The van der Waals surface area contributed by atoms with E-state index in [0.717, 1.165) is 16.7 Å². The van der Waals surface area contributed by atoms with Gasteiger partial charge in [0.1, 0.15) is 0 Å². The average molecular weight is 277 g/mol. The van der Waals surface area contributed by atoms with Crippen molar-refractivity contribution in [1.82, 2.24) is 4.90 Å². The van der Waals surface area contributed by atoms with E-state index in [1.165, 1.54) is 11.8 Å². The van der Waals surface area contributed by atoms with Crippen LogP contribution in [-0.2, 0) is 9.59 Å². The molecule has 0 saturated carbocycles. The fraction of sp³-hybridized carbons (Fsp3) is 0.111. The number of amides is 2. The standard InChI is InChI=1S/C18H15NO2/c1-13(20)19-12-16(14-8-4-2-5-9-14)17(18(19)21)15-10-6-3-7-11-15/h2-11H,12H2,1H3. The summed E-state index contributed by atoms with van der Waals surface area (Å²) in [5.41, 5.74) is 3.36. The van der Waals surface area contributed by atoms with Crippen LogP contribution in [-0.4, -0.2) is 23.3 Å². The highest BCUT2D eigenvalue weighted by Gasteiger charge is 2.33. The number of imide groups is 1. The molecule has 3 rings (SSSR count). The Morgan fingerprint density at radius 1 is 0.905 bits per heavy atom. The van der Waals surface area contributed by atoms with Crippen LogP contribution in [0.4, 0.5) is 0 Å². The van der Waals surface area contributed by atoms with Crippen molar-refractivity contribution in [3.05, 3.63) is 71.8 Å². The predicted octanol–water partition coefficient (Wildman–Crippen LogP) is 2.99. The Kier molecular flexibility index (Phi) is 3.40. The highest BCUT2D eigenvalue weighted by atomic mass is 16.2. The van der Waals surface area contributed by atoms with E-state index in [0.29, 0.717) is 12.1 Å². The second-order valence-electron chi connectivity index (χ2n) is 5.00. The smallest absolute Gasteiger partial charge is 0.261 e. The SMILES string of the molecule is CC(=O)N1CC(c2ccccc2)=C(c2ccccc2)C1=O. The van der Waals surface area contributed by atoms with E-state index in [1.54, 1.807) is 0 Å². The Hall–Kier alpha value is -2.68. The average Bonchev–Trinajstić information content (AvgIpc) is 2.87. The molecule has 3 heteroatoms. The summed E-state index contributed by atoms with van der Waals surface area (Å²) in [6, 6.07) is 19.3. The van der Waals surface area contributed by atoms with Gasteiger partial charge in [-0.1, -0.05) is 60.7 Å². The van der Waals surface area contributed by atoms with Gasteiger partial charge in [-0.15, -0.1) is 0 Å². The first-order chi connectivity index (χ1) is 10.2. The maximum atomic E-state index is 12.6. The number of hydrogen-bond donors (Lipinski definition) is 0. The largest absolute Gasteiger partial charge is 0.275 e. The first-order valence-corrected chi connectivity index (χ1v) is 6.85. The summed E-state index contributed by atoms with van der Waals surface area (Å²) in [5.74, 6) is -0.438. The molecule has 1 aliphatic heterocycles. The second kappa shape index (κ2) is 5.37. The molecule has 1 aliphatic rings. The normalized spacial score (nSPS) is 14.7. The van der Waals surface area contributed by atoms with Crippen LogP contribution in [0.25, 0.3) is 11.1 Å². The van der Waals surface area contributed by atoms with Crippen molar-refractivity contribution in [3.8, 4) is 0 Å². The monoisotopic (exact) mass is 277 g/mol. The minimum absolute atomic E-state index is 0.215. The fourth-order valence-corrected chi connectivity index (χ4v) is 2.60. The lowest BCUT2D eigenvalue weighted by Crippen LogP contribution is -2.31. The van der Waals surface area contributed by atoms with Crippen molar-refractivity contribution in [1.29, 1.82) is 0 Å². The van der Waals surface area contributed by atoms with Crippen molar-refractivity contribution in [2.24, 2.45) is 0 Å². The minimum atomic E-state index is -0.223. The van der Waals surface area contributed by atoms with Crippen LogP contribution in [0.5, 0.6) is 0 Å². The van der Waals surface area contributed by atoms with Crippen LogP contribution in [0, 0.1) is 0 Å². The number of carbonyl (C=O) groups excluding carboxylic acids is 2. The zero-order chi connectivity index (χ0) is 14.8. The third-order valence-corrected chi connectivity index (χ3v) is 3.64. The number of carbonyl (C=O) groups is 2. The molecule has 3 nitrogen and oxygen atoms in total. The number of hydrogen-bond acceptors (Lipinski definition) is 2. The summed E-state index contributed by atoms with van der Waals surface area (Å²) in [5, 5.41) is 0. The summed E-state index contributed by atoms with van der Waals surface area (Å²) in [7, 11) is 0. The van der Waals surface area contributed by atoms with Gasteiger partial charge >= 0.3 is 0 Å². The maximum Gasteiger partial charge on any atom is 0.261 e. The highest BCUT2D eigenvalue weighted by molar-refractivity contribution is 6.33. The number of benzene rings is 2. The summed E-state index contributed by atoms with van der Waals surface area (Å²) in [6.45, 7) is 1.76. The van der Waals surface area contributed by atoms with Gasteiger partial charge in [0.15, 0.2) is 0 Å². The molecule has 0 unspecified atom stereocenters. The molecule has 2 amide bonds. The summed E-state index contributed by atoms with van der Waals surface area (Å²) >= 11 is 0. The Balaban J connectivity index is 2.16. The molecular weight excluding hydrogens is 262 g/mol. The van der Waals surface area contributed by atoms with Crippen molar-refractivity contribution in [3.63, 3.8) is 0 Å². The minimum Gasteiger partial charge on any atom is -0.275 e. The van der Waals surface area contributed by atoms with Gasteiger partial charge in [-0.3, -0.25) is 14.5 Å². The van der Waals surface area contributed by atoms with Crippen LogP contribution in [0.1, 0.15) is 18.1 Å². The van der Waals surface area contributed by atoms with E-state index in [4.69, 9.17) is 0 Å². The molecule has 1 heterocycles.